The van der Waals surface area contributed by atoms with Crippen LogP contribution in [-0.2, 0) is 9.53 Å². The summed E-state index contributed by atoms with van der Waals surface area (Å²) < 4.78 is 6.01. The molecule has 0 aromatic heterocycles. The van der Waals surface area contributed by atoms with Gasteiger partial charge in [-0.15, -0.1) is 0 Å². The fraction of sp³-hybridized carbons (Fsp3) is 0.591. The summed E-state index contributed by atoms with van der Waals surface area (Å²) in [4.78, 5) is 12.8. The quantitative estimate of drug-likeness (QED) is 0.762. The number of carbonyl (C=O) groups excluding carboxylic acids is 1. The second-order valence-electron chi connectivity index (χ2n) is 7.98. The van der Waals surface area contributed by atoms with E-state index in [1.165, 1.54) is 5.56 Å². The first-order valence-corrected chi connectivity index (χ1v) is 9.84. The average Bonchev–Trinajstić information content (AvgIpc) is 2.79. The zero-order valence-corrected chi connectivity index (χ0v) is 16.4. The summed E-state index contributed by atoms with van der Waals surface area (Å²) >= 11 is 0. The fourth-order valence-corrected chi connectivity index (χ4v) is 4.58. The molecule has 3 rings (SSSR count). The van der Waals surface area contributed by atoms with Crippen LogP contribution in [0, 0.1) is 20.8 Å². The molecule has 1 aliphatic carbocycles. The summed E-state index contributed by atoms with van der Waals surface area (Å²) in [7, 11) is 0. The SMILES string of the molecule is CCCCO[C@@H]1CCC[C@]2(C1)NC(=O)C(c1c(C)cc(C)cc1C)=C2O. The molecule has 1 fully saturated rings. The van der Waals surface area contributed by atoms with Crippen LogP contribution in [0.1, 0.15) is 67.7 Å². The van der Waals surface area contributed by atoms with Crippen LogP contribution in [0.15, 0.2) is 17.9 Å². The lowest BCUT2D eigenvalue weighted by Crippen LogP contribution is -2.50. The van der Waals surface area contributed by atoms with Gasteiger partial charge in [-0.05, 0) is 63.1 Å². The molecule has 0 saturated heterocycles. The van der Waals surface area contributed by atoms with Gasteiger partial charge in [-0.3, -0.25) is 4.79 Å². The molecule has 4 heteroatoms. The molecule has 1 aromatic rings. The number of aliphatic hydroxyl groups excluding tert-OH is 1. The average molecular weight is 357 g/mol. The number of benzene rings is 1. The van der Waals surface area contributed by atoms with Gasteiger partial charge in [0, 0.05) is 13.0 Å². The van der Waals surface area contributed by atoms with Crippen molar-refractivity contribution in [1.29, 1.82) is 0 Å². The predicted molar refractivity (Wildman–Crippen MR) is 104 cm³/mol. The van der Waals surface area contributed by atoms with Crippen molar-refractivity contribution in [1.82, 2.24) is 5.32 Å². The van der Waals surface area contributed by atoms with Crippen molar-refractivity contribution < 1.29 is 14.6 Å². The van der Waals surface area contributed by atoms with Gasteiger partial charge in [-0.25, -0.2) is 0 Å². The smallest absolute Gasteiger partial charge is 0.256 e. The molecule has 2 N–H and O–H groups in total. The Labute approximate surface area is 156 Å². The molecule has 1 heterocycles. The number of hydrogen-bond acceptors (Lipinski definition) is 3. The van der Waals surface area contributed by atoms with E-state index in [2.05, 4.69) is 24.4 Å². The number of hydrogen-bond donors (Lipinski definition) is 2. The maximum Gasteiger partial charge on any atom is 0.256 e. The first kappa shape index (κ1) is 19.0. The molecule has 2 aliphatic rings. The molecule has 1 aliphatic heterocycles. The lowest BCUT2D eigenvalue weighted by Gasteiger charge is -2.37. The van der Waals surface area contributed by atoms with E-state index in [1.54, 1.807) is 0 Å². The Balaban J connectivity index is 1.93. The van der Waals surface area contributed by atoms with E-state index in [0.717, 1.165) is 55.4 Å². The highest BCUT2D eigenvalue weighted by Gasteiger charge is 2.49. The molecule has 142 valence electrons. The number of nitrogens with one attached hydrogen (secondary N) is 1. The minimum atomic E-state index is -0.661. The third-order valence-corrected chi connectivity index (χ3v) is 5.75. The van der Waals surface area contributed by atoms with Crippen molar-refractivity contribution in [2.24, 2.45) is 0 Å². The summed E-state index contributed by atoms with van der Waals surface area (Å²) in [5, 5.41) is 14.3. The van der Waals surface area contributed by atoms with Crippen molar-refractivity contribution in [2.45, 2.75) is 77.9 Å². The maximum absolute atomic E-state index is 12.8. The largest absolute Gasteiger partial charge is 0.509 e. The van der Waals surface area contributed by atoms with E-state index >= 15 is 0 Å². The molecular formula is C22H31NO3. The molecule has 1 aromatic carbocycles. The predicted octanol–water partition coefficient (Wildman–Crippen LogP) is 4.51. The number of ether oxygens (including phenoxy) is 1. The van der Waals surface area contributed by atoms with E-state index < -0.39 is 5.54 Å². The first-order chi connectivity index (χ1) is 12.4. The Morgan fingerprint density at radius 1 is 1.27 bits per heavy atom. The summed E-state index contributed by atoms with van der Waals surface area (Å²) in [5.74, 6) is 0.0492. The molecule has 0 bridgehead atoms. The standard InChI is InChI=1S/C22H31NO3/c1-5-6-10-26-17-8-7-9-22(13-17)20(24)19(21(25)23-22)18-15(3)11-14(2)12-16(18)4/h11-12,17,24H,5-10,13H2,1-4H3,(H,23,25)/t17-,22-/m1/s1. The van der Waals surface area contributed by atoms with E-state index in [1.807, 2.05) is 20.8 Å². The monoisotopic (exact) mass is 357 g/mol. The Morgan fingerprint density at radius 2 is 1.96 bits per heavy atom. The van der Waals surface area contributed by atoms with Crippen LogP contribution in [0.4, 0.5) is 0 Å². The summed E-state index contributed by atoms with van der Waals surface area (Å²) in [6.07, 6.45) is 5.61. The normalized spacial score (nSPS) is 25.8. The molecule has 1 saturated carbocycles. The van der Waals surface area contributed by atoms with Crippen LogP contribution in [0.3, 0.4) is 0 Å². The van der Waals surface area contributed by atoms with Gasteiger partial charge in [-0.1, -0.05) is 31.0 Å². The number of aliphatic hydroxyl groups is 1. The highest BCUT2D eigenvalue weighted by atomic mass is 16.5. The van der Waals surface area contributed by atoms with Gasteiger partial charge in [0.2, 0.25) is 0 Å². The van der Waals surface area contributed by atoms with Gasteiger partial charge >= 0.3 is 0 Å². The topological polar surface area (TPSA) is 58.6 Å². The number of aryl methyl sites for hydroxylation is 3. The highest BCUT2D eigenvalue weighted by Crippen LogP contribution is 2.43. The van der Waals surface area contributed by atoms with Crippen LogP contribution < -0.4 is 5.32 Å². The Hall–Kier alpha value is -1.81. The van der Waals surface area contributed by atoms with Crippen LogP contribution in [0.25, 0.3) is 5.57 Å². The van der Waals surface area contributed by atoms with E-state index in [9.17, 15) is 9.90 Å². The summed E-state index contributed by atoms with van der Waals surface area (Å²) in [5.41, 5.74) is 3.89. The Kier molecular flexibility index (Phi) is 5.42. The second kappa shape index (κ2) is 7.43. The second-order valence-corrected chi connectivity index (χ2v) is 7.98. The third kappa shape index (κ3) is 3.39. The van der Waals surface area contributed by atoms with Gasteiger partial charge in [0.1, 0.15) is 11.3 Å². The molecule has 0 radical (unpaired) electrons. The molecular weight excluding hydrogens is 326 g/mol. The maximum atomic E-state index is 12.8. The molecule has 0 unspecified atom stereocenters. The lowest BCUT2D eigenvalue weighted by atomic mass is 9.78. The van der Waals surface area contributed by atoms with Crippen LogP contribution >= 0.6 is 0 Å². The number of carbonyl (C=O) groups is 1. The molecule has 2 atom stereocenters. The molecule has 1 spiro atoms. The van der Waals surface area contributed by atoms with Gasteiger partial charge in [0.25, 0.3) is 5.91 Å². The zero-order valence-electron chi connectivity index (χ0n) is 16.4. The van der Waals surface area contributed by atoms with E-state index in [-0.39, 0.29) is 17.8 Å². The van der Waals surface area contributed by atoms with Crippen molar-refractivity contribution in [3.05, 3.63) is 40.1 Å². The van der Waals surface area contributed by atoms with E-state index in [4.69, 9.17) is 4.74 Å². The Bertz CT molecular complexity index is 714. The fourth-order valence-electron chi connectivity index (χ4n) is 4.58. The van der Waals surface area contributed by atoms with Crippen molar-refractivity contribution in [2.75, 3.05) is 6.61 Å². The number of amides is 1. The zero-order chi connectivity index (χ0) is 18.9. The summed E-state index contributed by atoms with van der Waals surface area (Å²) in [6.45, 7) is 8.96. The van der Waals surface area contributed by atoms with Gasteiger partial charge in [-0.2, -0.15) is 0 Å². The van der Waals surface area contributed by atoms with Crippen molar-refractivity contribution in [3.8, 4) is 0 Å². The van der Waals surface area contributed by atoms with Crippen LogP contribution in [0.5, 0.6) is 0 Å². The lowest BCUT2D eigenvalue weighted by molar-refractivity contribution is -0.117. The van der Waals surface area contributed by atoms with Gasteiger partial charge in [0.05, 0.1) is 11.7 Å². The van der Waals surface area contributed by atoms with E-state index in [0.29, 0.717) is 12.0 Å². The highest BCUT2D eigenvalue weighted by molar-refractivity contribution is 6.24. The van der Waals surface area contributed by atoms with Crippen LogP contribution in [-0.4, -0.2) is 29.3 Å². The van der Waals surface area contributed by atoms with Gasteiger partial charge in [0.15, 0.2) is 0 Å². The van der Waals surface area contributed by atoms with Crippen molar-refractivity contribution in [3.63, 3.8) is 0 Å². The molecule has 1 amide bonds. The van der Waals surface area contributed by atoms with Crippen molar-refractivity contribution >= 4 is 11.5 Å². The third-order valence-electron chi connectivity index (χ3n) is 5.75. The minimum Gasteiger partial charge on any atom is -0.509 e. The first-order valence-electron chi connectivity index (χ1n) is 9.84. The Morgan fingerprint density at radius 3 is 2.62 bits per heavy atom. The number of rotatable bonds is 5. The van der Waals surface area contributed by atoms with Crippen LogP contribution in [0.2, 0.25) is 0 Å². The minimum absolute atomic E-state index is 0.0947. The molecule has 4 nitrogen and oxygen atoms in total. The summed E-state index contributed by atoms with van der Waals surface area (Å²) in [6, 6.07) is 4.14. The van der Waals surface area contributed by atoms with Gasteiger partial charge < -0.3 is 15.2 Å². The number of unbranched alkanes of at least 4 members (excludes halogenated alkanes) is 1. The molecule has 26 heavy (non-hydrogen) atoms.